The average Bonchev–Trinajstić information content (AvgIpc) is 3.14. The Morgan fingerprint density at radius 2 is 1.81 bits per heavy atom. The number of benzene rings is 1. The fourth-order valence-corrected chi connectivity index (χ4v) is 6.00. The van der Waals surface area contributed by atoms with E-state index in [-0.39, 0.29) is 24.0 Å². The first kappa shape index (κ1) is 19.8. The van der Waals surface area contributed by atoms with E-state index in [9.17, 15) is 9.59 Å². The average molecular weight is 434 g/mol. The number of carbonyl (C=O) groups excluding carboxylic acids is 2. The Labute approximate surface area is 188 Å². The maximum Gasteiger partial charge on any atom is 0.317 e. The highest BCUT2D eigenvalue weighted by Gasteiger charge is 2.52. The van der Waals surface area contributed by atoms with Crippen LogP contribution in [0.1, 0.15) is 72.7 Å². The molecule has 2 aliphatic heterocycles. The number of para-hydroxylation sites is 1. The summed E-state index contributed by atoms with van der Waals surface area (Å²) in [6.45, 7) is 3.36. The Morgan fingerprint density at radius 1 is 1.06 bits per heavy atom. The predicted molar refractivity (Wildman–Crippen MR) is 121 cm³/mol. The van der Waals surface area contributed by atoms with Crippen LogP contribution in [0.25, 0.3) is 5.69 Å². The summed E-state index contributed by atoms with van der Waals surface area (Å²) in [5.74, 6) is 0.582. The molecule has 3 heterocycles. The Balaban J connectivity index is 1.27. The number of likely N-dealkylation sites (tertiary alicyclic amines) is 1. The van der Waals surface area contributed by atoms with Crippen LogP contribution in [0.15, 0.2) is 30.3 Å². The van der Waals surface area contributed by atoms with Gasteiger partial charge in [0.2, 0.25) is 0 Å². The second-order valence-corrected chi connectivity index (χ2v) is 9.91. The van der Waals surface area contributed by atoms with Gasteiger partial charge in [-0.15, -0.1) is 0 Å². The van der Waals surface area contributed by atoms with E-state index in [1.54, 1.807) is 0 Å². The minimum atomic E-state index is 0.0400. The van der Waals surface area contributed by atoms with Crippen molar-refractivity contribution in [1.29, 1.82) is 0 Å². The molecule has 2 atom stereocenters. The van der Waals surface area contributed by atoms with E-state index in [2.05, 4.69) is 10.2 Å². The number of nitrogens with zero attached hydrogens (tertiary/aromatic N) is 4. The molecular weight excluding hydrogens is 402 g/mol. The first-order chi connectivity index (χ1) is 15.6. The molecule has 32 heavy (non-hydrogen) atoms. The number of hydrogen-bond donors (Lipinski definition) is 1. The molecule has 0 bridgehead atoms. The number of carbonyl (C=O) groups is 2. The van der Waals surface area contributed by atoms with Crippen molar-refractivity contribution < 1.29 is 9.59 Å². The summed E-state index contributed by atoms with van der Waals surface area (Å²) in [4.78, 5) is 30.7. The number of aryl methyl sites for hydroxylation is 1. The van der Waals surface area contributed by atoms with E-state index < -0.39 is 0 Å². The molecule has 3 fully saturated rings. The zero-order valence-corrected chi connectivity index (χ0v) is 18.7. The lowest BCUT2D eigenvalue weighted by Crippen LogP contribution is -2.46. The lowest BCUT2D eigenvalue weighted by Gasteiger charge is -2.32. The molecule has 1 N–H and O–H groups in total. The molecule has 0 radical (unpaired) electrons. The third-order valence-corrected chi connectivity index (χ3v) is 7.74. The number of urea groups is 1. The molecule has 168 valence electrons. The molecule has 2 unspecified atom stereocenters. The van der Waals surface area contributed by atoms with E-state index in [4.69, 9.17) is 5.10 Å². The van der Waals surface area contributed by atoms with Crippen molar-refractivity contribution in [3.8, 4) is 5.69 Å². The van der Waals surface area contributed by atoms with Gasteiger partial charge < -0.3 is 15.1 Å². The van der Waals surface area contributed by atoms with E-state index in [0.29, 0.717) is 25.0 Å². The summed E-state index contributed by atoms with van der Waals surface area (Å²) in [7, 11) is 0. The van der Waals surface area contributed by atoms with E-state index in [0.717, 1.165) is 54.7 Å². The molecule has 1 aromatic carbocycles. The molecule has 4 aliphatic rings. The number of hydrogen-bond acceptors (Lipinski definition) is 3. The van der Waals surface area contributed by atoms with Crippen molar-refractivity contribution >= 4 is 11.9 Å². The first-order valence-electron chi connectivity index (χ1n) is 12.1. The lowest BCUT2D eigenvalue weighted by molar-refractivity contribution is 0.0600. The van der Waals surface area contributed by atoms with Crippen LogP contribution < -0.4 is 5.32 Å². The van der Waals surface area contributed by atoms with Gasteiger partial charge in [0, 0.05) is 24.7 Å². The molecule has 2 aliphatic carbocycles. The molecule has 7 heteroatoms. The molecule has 2 aromatic rings. The maximum absolute atomic E-state index is 13.8. The van der Waals surface area contributed by atoms with Crippen molar-refractivity contribution in [1.82, 2.24) is 24.9 Å². The molecule has 1 saturated heterocycles. The molecule has 1 aromatic heterocycles. The van der Waals surface area contributed by atoms with E-state index >= 15 is 0 Å². The largest absolute Gasteiger partial charge is 0.335 e. The van der Waals surface area contributed by atoms with Crippen LogP contribution in [0.2, 0.25) is 0 Å². The van der Waals surface area contributed by atoms with Gasteiger partial charge in [0.15, 0.2) is 0 Å². The van der Waals surface area contributed by atoms with Gasteiger partial charge >= 0.3 is 6.03 Å². The van der Waals surface area contributed by atoms with Gasteiger partial charge in [-0.05, 0) is 57.1 Å². The van der Waals surface area contributed by atoms with Crippen molar-refractivity contribution in [3.63, 3.8) is 0 Å². The van der Waals surface area contributed by atoms with Crippen molar-refractivity contribution in [2.75, 3.05) is 13.1 Å². The molecule has 6 rings (SSSR count). The second kappa shape index (κ2) is 7.64. The maximum atomic E-state index is 13.8. The van der Waals surface area contributed by atoms with Gasteiger partial charge in [-0.1, -0.05) is 31.0 Å². The number of nitrogens with one attached hydrogen (secondary N) is 1. The summed E-state index contributed by atoms with van der Waals surface area (Å²) in [5.41, 5.74) is 3.70. The van der Waals surface area contributed by atoms with Gasteiger partial charge in [-0.25, -0.2) is 9.48 Å². The zero-order valence-electron chi connectivity index (χ0n) is 18.7. The SMILES string of the molecule is Cc1nn(-c2ccccc2)c2c1C(C1CC1)N(C1CCN(C(=O)NC3CCCC3)C1)C2=O. The second-order valence-electron chi connectivity index (χ2n) is 9.91. The van der Waals surface area contributed by atoms with Crippen LogP contribution in [-0.4, -0.2) is 56.7 Å². The Kier molecular flexibility index (Phi) is 4.73. The highest BCUT2D eigenvalue weighted by atomic mass is 16.2. The summed E-state index contributed by atoms with van der Waals surface area (Å²) >= 11 is 0. The highest BCUT2D eigenvalue weighted by Crippen LogP contribution is 2.52. The Hall–Kier alpha value is -2.83. The topological polar surface area (TPSA) is 70.5 Å². The molecule has 7 nitrogen and oxygen atoms in total. The standard InChI is InChI=1S/C25H31N5O2/c1-16-21-22(17-11-12-17)29(24(31)23(21)30(27-16)19-9-3-2-4-10-19)20-13-14-28(15-20)25(32)26-18-7-5-6-8-18/h2-4,9-10,17-18,20,22H,5-8,11-15H2,1H3,(H,26,32). The predicted octanol–water partition coefficient (Wildman–Crippen LogP) is 3.81. The van der Waals surface area contributed by atoms with Crippen LogP contribution in [0, 0.1) is 12.8 Å². The van der Waals surface area contributed by atoms with Gasteiger partial charge in [0.05, 0.1) is 23.5 Å². The number of amides is 3. The minimum absolute atomic E-state index is 0.0400. The van der Waals surface area contributed by atoms with Gasteiger partial charge in [-0.2, -0.15) is 5.10 Å². The van der Waals surface area contributed by atoms with Crippen molar-refractivity contribution in [2.24, 2.45) is 5.92 Å². The molecule has 0 spiro atoms. The number of aromatic nitrogens is 2. The number of fused-ring (bicyclic) bond motifs is 1. The van der Waals surface area contributed by atoms with Crippen LogP contribution in [0.5, 0.6) is 0 Å². The highest BCUT2D eigenvalue weighted by molar-refractivity contribution is 5.99. The minimum Gasteiger partial charge on any atom is -0.335 e. The van der Waals surface area contributed by atoms with Gasteiger partial charge in [0.25, 0.3) is 5.91 Å². The summed E-state index contributed by atoms with van der Waals surface area (Å²) in [6, 6.07) is 10.5. The van der Waals surface area contributed by atoms with Crippen LogP contribution >= 0.6 is 0 Å². The lowest BCUT2D eigenvalue weighted by atomic mass is 10.0. The Morgan fingerprint density at radius 3 is 2.53 bits per heavy atom. The van der Waals surface area contributed by atoms with Crippen molar-refractivity contribution in [2.45, 2.75) is 70.0 Å². The smallest absolute Gasteiger partial charge is 0.317 e. The van der Waals surface area contributed by atoms with E-state index in [1.165, 1.54) is 12.8 Å². The normalized spacial score (nSPS) is 25.6. The molecule has 2 saturated carbocycles. The van der Waals surface area contributed by atoms with E-state index in [1.807, 2.05) is 46.8 Å². The third kappa shape index (κ3) is 3.21. The fourth-order valence-electron chi connectivity index (χ4n) is 6.00. The molecular formula is C25H31N5O2. The van der Waals surface area contributed by atoms with Crippen molar-refractivity contribution in [3.05, 3.63) is 47.3 Å². The summed E-state index contributed by atoms with van der Waals surface area (Å²) in [5, 5.41) is 7.98. The van der Waals surface area contributed by atoms with Crippen LogP contribution in [0.3, 0.4) is 0 Å². The van der Waals surface area contributed by atoms with Crippen LogP contribution in [0.4, 0.5) is 4.79 Å². The quantitative estimate of drug-likeness (QED) is 0.797. The first-order valence-corrected chi connectivity index (χ1v) is 12.1. The van der Waals surface area contributed by atoms with Gasteiger partial charge in [-0.3, -0.25) is 4.79 Å². The number of rotatable bonds is 4. The third-order valence-electron chi connectivity index (χ3n) is 7.74. The Bertz CT molecular complexity index is 1040. The fraction of sp³-hybridized carbons (Fsp3) is 0.560. The summed E-state index contributed by atoms with van der Waals surface area (Å²) < 4.78 is 1.84. The monoisotopic (exact) mass is 433 g/mol. The zero-order chi connectivity index (χ0) is 21.8. The van der Waals surface area contributed by atoms with Crippen LogP contribution in [-0.2, 0) is 0 Å². The molecule has 3 amide bonds. The van der Waals surface area contributed by atoms with Gasteiger partial charge in [0.1, 0.15) is 5.69 Å². The summed E-state index contributed by atoms with van der Waals surface area (Å²) in [6.07, 6.45) is 7.73.